The van der Waals surface area contributed by atoms with Crippen molar-refractivity contribution < 1.29 is 0 Å². The summed E-state index contributed by atoms with van der Waals surface area (Å²) < 4.78 is 1.83. The van der Waals surface area contributed by atoms with E-state index >= 15 is 0 Å². The minimum atomic E-state index is -0.139. The van der Waals surface area contributed by atoms with Gasteiger partial charge in [0.1, 0.15) is 5.84 Å². The first-order chi connectivity index (χ1) is 8.11. The van der Waals surface area contributed by atoms with Crippen molar-refractivity contribution in [2.75, 3.05) is 0 Å². The first-order valence-corrected chi connectivity index (χ1v) is 6.18. The van der Waals surface area contributed by atoms with Crippen molar-refractivity contribution in [1.29, 1.82) is 5.41 Å². The first kappa shape index (κ1) is 11.9. The van der Waals surface area contributed by atoms with Crippen LogP contribution < -0.4 is 11.3 Å². The van der Waals surface area contributed by atoms with E-state index < -0.39 is 0 Å². The highest BCUT2D eigenvalue weighted by molar-refractivity contribution is 5.94. The highest BCUT2D eigenvalue weighted by Crippen LogP contribution is 2.27. The van der Waals surface area contributed by atoms with Crippen molar-refractivity contribution >= 4 is 5.84 Å². The van der Waals surface area contributed by atoms with Crippen LogP contribution in [0.2, 0.25) is 0 Å². The summed E-state index contributed by atoms with van der Waals surface area (Å²) in [5, 5.41) is 7.42. The van der Waals surface area contributed by atoms with Crippen molar-refractivity contribution in [3.8, 4) is 0 Å². The molecule has 0 unspecified atom stereocenters. The number of nitrogens with zero attached hydrogens (tertiary/aromatic N) is 1. The second kappa shape index (κ2) is 4.73. The number of nitrogen functional groups attached to an aromatic ring is 1. The lowest BCUT2D eigenvalue weighted by atomic mass is 9.94. The van der Waals surface area contributed by atoms with Crippen molar-refractivity contribution in [1.82, 2.24) is 4.57 Å². The van der Waals surface area contributed by atoms with Gasteiger partial charge in [0, 0.05) is 11.7 Å². The Morgan fingerprint density at radius 3 is 2.59 bits per heavy atom. The fraction of sp³-hybridized carbons (Fsp3) is 0.538. The lowest BCUT2D eigenvalue weighted by molar-refractivity contribution is 0.341. The van der Waals surface area contributed by atoms with Crippen LogP contribution in [-0.4, -0.2) is 10.4 Å². The standard InChI is InChI=1S/C13H19N3O/c1-9-7-8-11(12(14)15)13(17)16(9)10-5-3-2-4-6-10/h7-8,10H,2-6H2,1H3,(H3,14,15). The molecule has 2 rings (SSSR count). The molecular weight excluding hydrogens is 214 g/mol. The van der Waals surface area contributed by atoms with Crippen molar-refractivity contribution in [2.45, 2.75) is 45.1 Å². The largest absolute Gasteiger partial charge is 0.384 e. The van der Waals surface area contributed by atoms with Crippen molar-refractivity contribution in [3.63, 3.8) is 0 Å². The summed E-state index contributed by atoms with van der Waals surface area (Å²) >= 11 is 0. The Balaban J connectivity index is 2.47. The average molecular weight is 233 g/mol. The van der Waals surface area contributed by atoms with Crippen molar-refractivity contribution in [2.24, 2.45) is 5.73 Å². The number of hydrogen-bond acceptors (Lipinski definition) is 2. The van der Waals surface area contributed by atoms with Crippen LogP contribution in [0.5, 0.6) is 0 Å². The third kappa shape index (κ3) is 2.25. The van der Waals surface area contributed by atoms with Gasteiger partial charge in [0.2, 0.25) is 0 Å². The summed E-state index contributed by atoms with van der Waals surface area (Å²) in [5.41, 5.74) is 6.61. The van der Waals surface area contributed by atoms with Crippen molar-refractivity contribution in [3.05, 3.63) is 33.7 Å². The van der Waals surface area contributed by atoms with Gasteiger partial charge in [0.25, 0.3) is 5.56 Å². The molecule has 1 heterocycles. The van der Waals surface area contributed by atoms with Gasteiger partial charge in [0.05, 0.1) is 5.56 Å². The van der Waals surface area contributed by atoms with Gasteiger partial charge in [-0.15, -0.1) is 0 Å². The number of rotatable bonds is 2. The molecule has 4 heteroatoms. The number of hydrogen-bond donors (Lipinski definition) is 2. The second-order valence-electron chi connectivity index (χ2n) is 4.77. The van der Waals surface area contributed by atoms with E-state index in [1.54, 1.807) is 6.07 Å². The highest BCUT2D eigenvalue weighted by atomic mass is 16.1. The molecule has 1 aromatic rings. The quantitative estimate of drug-likeness (QED) is 0.605. The molecule has 0 saturated heterocycles. The Morgan fingerprint density at radius 1 is 1.35 bits per heavy atom. The molecule has 17 heavy (non-hydrogen) atoms. The maximum absolute atomic E-state index is 12.3. The minimum Gasteiger partial charge on any atom is -0.384 e. The van der Waals surface area contributed by atoms with E-state index in [0.29, 0.717) is 5.56 Å². The number of aryl methyl sites for hydroxylation is 1. The van der Waals surface area contributed by atoms with E-state index in [0.717, 1.165) is 18.5 Å². The van der Waals surface area contributed by atoms with E-state index in [1.807, 2.05) is 17.6 Å². The Morgan fingerprint density at radius 2 is 2.00 bits per heavy atom. The molecule has 1 aliphatic carbocycles. The molecule has 0 atom stereocenters. The van der Waals surface area contributed by atoms with Gasteiger partial charge >= 0.3 is 0 Å². The van der Waals surface area contributed by atoms with E-state index in [4.69, 9.17) is 11.1 Å². The lowest BCUT2D eigenvalue weighted by Gasteiger charge is -2.26. The molecule has 3 N–H and O–H groups in total. The lowest BCUT2D eigenvalue weighted by Crippen LogP contribution is -2.33. The smallest absolute Gasteiger partial charge is 0.261 e. The Bertz CT molecular complexity index is 484. The van der Waals surface area contributed by atoms with Crippen LogP contribution in [0.3, 0.4) is 0 Å². The van der Waals surface area contributed by atoms with E-state index in [1.165, 1.54) is 19.3 Å². The minimum absolute atomic E-state index is 0.107. The van der Waals surface area contributed by atoms with Gasteiger partial charge in [0.15, 0.2) is 0 Å². The van der Waals surface area contributed by atoms with Crippen LogP contribution in [0, 0.1) is 12.3 Å². The second-order valence-corrected chi connectivity index (χ2v) is 4.77. The summed E-state index contributed by atoms with van der Waals surface area (Å²) in [6.07, 6.45) is 5.74. The number of nitrogens with one attached hydrogen (secondary N) is 1. The van der Waals surface area contributed by atoms with Gasteiger partial charge < -0.3 is 10.3 Å². The molecule has 1 fully saturated rings. The van der Waals surface area contributed by atoms with E-state index in [9.17, 15) is 4.79 Å². The number of aromatic nitrogens is 1. The SMILES string of the molecule is Cc1ccc(C(=N)N)c(=O)n1C1CCCCC1. The monoisotopic (exact) mass is 233 g/mol. The zero-order chi connectivity index (χ0) is 12.4. The maximum atomic E-state index is 12.3. The summed E-state index contributed by atoms with van der Waals surface area (Å²) in [6, 6.07) is 3.82. The molecular formula is C13H19N3O. The predicted molar refractivity (Wildman–Crippen MR) is 68.6 cm³/mol. The van der Waals surface area contributed by atoms with Crippen LogP contribution in [0.25, 0.3) is 0 Å². The Kier molecular flexibility index (Phi) is 3.31. The third-order valence-electron chi connectivity index (χ3n) is 3.55. The fourth-order valence-corrected chi connectivity index (χ4v) is 2.64. The zero-order valence-electron chi connectivity index (χ0n) is 10.2. The molecule has 1 saturated carbocycles. The third-order valence-corrected chi connectivity index (χ3v) is 3.55. The molecule has 0 aliphatic heterocycles. The highest BCUT2D eigenvalue weighted by Gasteiger charge is 2.19. The topological polar surface area (TPSA) is 71.9 Å². The molecule has 0 spiro atoms. The molecule has 0 aromatic carbocycles. The summed E-state index contributed by atoms with van der Waals surface area (Å²) in [5.74, 6) is -0.139. The Hall–Kier alpha value is -1.58. The maximum Gasteiger partial charge on any atom is 0.261 e. The molecule has 1 aliphatic rings. The summed E-state index contributed by atoms with van der Waals surface area (Å²) in [4.78, 5) is 12.3. The van der Waals surface area contributed by atoms with E-state index in [2.05, 4.69) is 0 Å². The fourth-order valence-electron chi connectivity index (χ4n) is 2.64. The van der Waals surface area contributed by atoms with Crippen LogP contribution in [-0.2, 0) is 0 Å². The van der Waals surface area contributed by atoms with Gasteiger partial charge in [-0.25, -0.2) is 0 Å². The van der Waals surface area contributed by atoms with E-state index in [-0.39, 0.29) is 17.4 Å². The van der Waals surface area contributed by atoms with Gasteiger partial charge in [-0.2, -0.15) is 0 Å². The molecule has 0 radical (unpaired) electrons. The van der Waals surface area contributed by atoms with Crippen LogP contribution in [0.15, 0.2) is 16.9 Å². The first-order valence-electron chi connectivity index (χ1n) is 6.18. The average Bonchev–Trinajstić information content (AvgIpc) is 2.30. The molecule has 1 aromatic heterocycles. The van der Waals surface area contributed by atoms with Crippen LogP contribution in [0.4, 0.5) is 0 Å². The molecule has 92 valence electrons. The normalized spacial score (nSPS) is 17.0. The molecule has 0 bridgehead atoms. The molecule has 4 nitrogen and oxygen atoms in total. The summed E-state index contributed by atoms with van der Waals surface area (Å²) in [6.45, 7) is 1.94. The zero-order valence-corrected chi connectivity index (χ0v) is 10.2. The number of nitrogens with two attached hydrogens (primary N) is 1. The van der Waals surface area contributed by atoms with Crippen LogP contribution >= 0.6 is 0 Å². The molecule has 0 amide bonds. The Labute approximate surface area is 101 Å². The number of pyridine rings is 1. The van der Waals surface area contributed by atoms with Gasteiger partial charge in [-0.1, -0.05) is 19.3 Å². The van der Waals surface area contributed by atoms with Gasteiger partial charge in [-0.3, -0.25) is 10.2 Å². The predicted octanol–water partition coefficient (Wildman–Crippen LogP) is 1.95. The summed E-state index contributed by atoms with van der Waals surface area (Å²) in [7, 11) is 0. The number of amidine groups is 1. The van der Waals surface area contributed by atoms with Gasteiger partial charge in [-0.05, 0) is 31.9 Å². The van der Waals surface area contributed by atoms with Crippen LogP contribution in [0.1, 0.15) is 49.4 Å².